The van der Waals surface area contributed by atoms with Crippen molar-refractivity contribution in [3.8, 4) is 0 Å². The number of aliphatic imine (C=N–C) groups is 1. The number of likely N-dealkylation sites (N-methyl/N-ethyl adjacent to an activating group) is 1. The molecule has 2 amide bonds. The van der Waals surface area contributed by atoms with E-state index < -0.39 is 5.91 Å². The van der Waals surface area contributed by atoms with Crippen LogP contribution in [0.5, 0.6) is 0 Å². The normalized spacial score (nSPS) is 17.4. The number of nitrogens with two attached hydrogens (primary N) is 1. The van der Waals surface area contributed by atoms with Crippen LogP contribution in [0.2, 0.25) is 0 Å². The number of rotatable bonds is 1. The van der Waals surface area contributed by atoms with Crippen LogP contribution < -0.4 is 11.1 Å². The molecule has 0 aliphatic carbocycles. The molecule has 6 heteroatoms. The van der Waals surface area contributed by atoms with Gasteiger partial charge in [0.15, 0.2) is 0 Å². The highest BCUT2D eigenvalue weighted by atomic mass is 16.2. The van der Waals surface area contributed by atoms with Gasteiger partial charge in [0, 0.05) is 12.7 Å². The molecule has 6 nitrogen and oxygen atoms in total. The highest BCUT2D eigenvalue weighted by molar-refractivity contribution is 6.11. The van der Waals surface area contributed by atoms with Gasteiger partial charge in [0.25, 0.3) is 5.91 Å². The molecule has 0 radical (unpaired) electrons. The van der Waals surface area contributed by atoms with E-state index in [2.05, 4.69) is 10.3 Å². The number of hydrogen-bond donors (Lipinski definition) is 2. The van der Waals surface area contributed by atoms with Crippen molar-refractivity contribution in [3.05, 3.63) is 29.8 Å². The summed E-state index contributed by atoms with van der Waals surface area (Å²) in [6.07, 6.45) is 0. The highest BCUT2D eigenvalue weighted by Gasteiger charge is 2.22. The number of carbonyl (C=O) groups excluding carboxylic acids is 2. The van der Waals surface area contributed by atoms with Crippen molar-refractivity contribution in [3.63, 3.8) is 0 Å². The molecule has 1 fully saturated rings. The second-order valence-electron chi connectivity index (χ2n) is 3.73. The molecule has 0 bridgehead atoms. The molecule has 1 aliphatic rings. The lowest BCUT2D eigenvalue weighted by Crippen LogP contribution is -2.28. The van der Waals surface area contributed by atoms with Crippen LogP contribution in [0.25, 0.3) is 0 Å². The maximum Gasteiger partial charge on any atom is 0.282 e. The highest BCUT2D eigenvalue weighted by Crippen LogP contribution is 2.12. The molecule has 1 aliphatic heterocycles. The van der Waals surface area contributed by atoms with Gasteiger partial charge in [-0.15, -0.1) is 0 Å². The second kappa shape index (κ2) is 4.25. The molecule has 1 heterocycles. The van der Waals surface area contributed by atoms with E-state index in [0.717, 1.165) is 0 Å². The van der Waals surface area contributed by atoms with Crippen molar-refractivity contribution in [2.24, 2.45) is 4.99 Å². The molecule has 0 spiro atoms. The summed E-state index contributed by atoms with van der Waals surface area (Å²) in [7, 11) is 1.68. The number of nitrogens with one attached hydrogen (secondary N) is 1. The smallest absolute Gasteiger partial charge is 0.282 e. The molecular weight excluding hydrogens is 220 g/mol. The van der Waals surface area contributed by atoms with Crippen molar-refractivity contribution in [1.29, 1.82) is 0 Å². The summed E-state index contributed by atoms with van der Waals surface area (Å²) >= 11 is 0. The van der Waals surface area contributed by atoms with Crippen LogP contribution in [0.3, 0.4) is 0 Å². The van der Waals surface area contributed by atoms with Crippen LogP contribution in [0.15, 0.2) is 29.3 Å². The van der Waals surface area contributed by atoms with Gasteiger partial charge in [-0.2, -0.15) is 4.99 Å². The number of benzene rings is 1. The SMILES string of the molecule is CN1CC(=O)NC1=NC(=O)c1ccccc1N. The zero-order chi connectivity index (χ0) is 12.4. The summed E-state index contributed by atoms with van der Waals surface area (Å²) in [5.41, 5.74) is 6.36. The van der Waals surface area contributed by atoms with Gasteiger partial charge in [0.1, 0.15) is 0 Å². The number of hydrogen-bond acceptors (Lipinski definition) is 3. The van der Waals surface area contributed by atoms with Crippen molar-refractivity contribution < 1.29 is 9.59 Å². The first-order valence-corrected chi connectivity index (χ1v) is 5.06. The topological polar surface area (TPSA) is 87.8 Å². The first-order valence-electron chi connectivity index (χ1n) is 5.06. The molecule has 0 saturated carbocycles. The Labute approximate surface area is 98.1 Å². The number of nitrogens with zero attached hydrogens (tertiary/aromatic N) is 2. The van der Waals surface area contributed by atoms with Gasteiger partial charge < -0.3 is 10.6 Å². The number of guanidine groups is 1. The molecule has 17 heavy (non-hydrogen) atoms. The second-order valence-corrected chi connectivity index (χ2v) is 3.73. The van der Waals surface area contributed by atoms with Crippen molar-refractivity contribution >= 4 is 23.5 Å². The molecular formula is C11H12N4O2. The standard InChI is InChI=1S/C11H12N4O2/c1-15-6-9(16)13-11(15)14-10(17)7-4-2-3-5-8(7)12/h2-5H,6,12H2,1H3,(H,13,14,16,17). The first kappa shape index (κ1) is 11.1. The van der Waals surface area contributed by atoms with Crippen molar-refractivity contribution in [2.45, 2.75) is 0 Å². The quantitative estimate of drug-likeness (QED) is 0.658. The summed E-state index contributed by atoms with van der Waals surface area (Å²) in [5.74, 6) is -0.393. The summed E-state index contributed by atoms with van der Waals surface area (Å²) in [6, 6.07) is 6.67. The van der Waals surface area contributed by atoms with Gasteiger partial charge in [-0.1, -0.05) is 12.1 Å². The number of anilines is 1. The van der Waals surface area contributed by atoms with E-state index in [1.807, 2.05) is 0 Å². The van der Waals surface area contributed by atoms with Crippen LogP contribution in [-0.2, 0) is 4.79 Å². The fourth-order valence-corrected chi connectivity index (χ4v) is 1.51. The van der Waals surface area contributed by atoms with E-state index in [4.69, 9.17) is 5.73 Å². The number of carbonyl (C=O) groups is 2. The Hall–Kier alpha value is -2.37. The van der Waals surface area contributed by atoms with Gasteiger partial charge in [-0.05, 0) is 12.1 Å². The Balaban J connectivity index is 2.25. The Morgan fingerprint density at radius 1 is 1.47 bits per heavy atom. The Morgan fingerprint density at radius 2 is 2.18 bits per heavy atom. The summed E-state index contributed by atoms with van der Waals surface area (Å²) in [6.45, 7) is 0.205. The Kier molecular flexibility index (Phi) is 2.78. The van der Waals surface area contributed by atoms with E-state index in [9.17, 15) is 9.59 Å². The molecule has 2 rings (SSSR count). The van der Waals surface area contributed by atoms with Gasteiger partial charge in [0.05, 0.1) is 12.1 Å². The molecule has 1 aromatic carbocycles. The molecule has 1 aromatic rings. The molecule has 88 valence electrons. The van der Waals surface area contributed by atoms with Crippen LogP contribution in [0.4, 0.5) is 5.69 Å². The minimum Gasteiger partial charge on any atom is -0.398 e. The summed E-state index contributed by atoms with van der Waals surface area (Å²) in [5, 5.41) is 2.50. The third-order valence-electron chi connectivity index (χ3n) is 2.39. The van der Waals surface area contributed by atoms with Gasteiger partial charge in [-0.25, -0.2) is 0 Å². The minimum atomic E-state index is -0.466. The molecule has 3 N–H and O–H groups in total. The number of para-hydroxylation sites is 1. The van der Waals surface area contributed by atoms with E-state index >= 15 is 0 Å². The van der Waals surface area contributed by atoms with Crippen LogP contribution in [-0.4, -0.2) is 36.3 Å². The largest absolute Gasteiger partial charge is 0.398 e. The Morgan fingerprint density at radius 3 is 2.76 bits per heavy atom. The van der Waals surface area contributed by atoms with Crippen LogP contribution in [0, 0.1) is 0 Å². The van der Waals surface area contributed by atoms with Gasteiger partial charge >= 0.3 is 0 Å². The third-order valence-corrected chi connectivity index (χ3v) is 2.39. The third kappa shape index (κ3) is 2.25. The molecule has 1 saturated heterocycles. The number of amides is 2. The zero-order valence-electron chi connectivity index (χ0n) is 9.30. The van der Waals surface area contributed by atoms with Crippen LogP contribution in [0.1, 0.15) is 10.4 Å². The average Bonchev–Trinajstić information content (AvgIpc) is 2.58. The lowest BCUT2D eigenvalue weighted by Gasteiger charge is -2.08. The fraction of sp³-hybridized carbons (Fsp3) is 0.182. The van der Waals surface area contributed by atoms with Gasteiger partial charge in [-0.3, -0.25) is 14.9 Å². The fourth-order valence-electron chi connectivity index (χ4n) is 1.51. The maximum atomic E-state index is 11.8. The van der Waals surface area contributed by atoms with Crippen LogP contribution >= 0.6 is 0 Å². The van der Waals surface area contributed by atoms with Crippen molar-refractivity contribution in [1.82, 2.24) is 10.2 Å². The maximum absolute atomic E-state index is 11.8. The monoisotopic (exact) mass is 232 g/mol. The lowest BCUT2D eigenvalue weighted by atomic mass is 10.2. The van der Waals surface area contributed by atoms with E-state index in [-0.39, 0.29) is 18.4 Å². The molecule has 0 atom stereocenters. The predicted octanol–water partition coefficient (Wildman–Crippen LogP) is -0.173. The average molecular weight is 232 g/mol. The Bertz CT molecular complexity index is 510. The predicted molar refractivity (Wildman–Crippen MR) is 63.4 cm³/mol. The lowest BCUT2D eigenvalue weighted by molar-refractivity contribution is -0.118. The van der Waals surface area contributed by atoms with Crippen molar-refractivity contribution in [2.75, 3.05) is 19.3 Å². The van der Waals surface area contributed by atoms with E-state index in [0.29, 0.717) is 11.3 Å². The zero-order valence-corrected chi connectivity index (χ0v) is 9.30. The number of nitrogen functional groups attached to an aromatic ring is 1. The minimum absolute atomic E-state index is 0.180. The van der Waals surface area contributed by atoms with E-state index in [1.54, 1.807) is 36.2 Å². The first-order chi connectivity index (χ1) is 8.08. The molecule has 0 aromatic heterocycles. The summed E-state index contributed by atoms with van der Waals surface area (Å²) < 4.78 is 0. The van der Waals surface area contributed by atoms with E-state index in [1.165, 1.54) is 0 Å². The summed E-state index contributed by atoms with van der Waals surface area (Å²) in [4.78, 5) is 28.3. The molecule has 0 unspecified atom stereocenters. The van der Waals surface area contributed by atoms with Gasteiger partial charge in [0.2, 0.25) is 11.9 Å².